The van der Waals surface area contributed by atoms with E-state index in [0.29, 0.717) is 11.1 Å². The molecule has 0 aromatic heterocycles. The summed E-state index contributed by atoms with van der Waals surface area (Å²) in [7, 11) is 0. The summed E-state index contributed by atoms with van der Waals surface area (Å²) in [5, 5.41) is 55.8. The molecule has 0 amide bonds. The summed E-state index contributed by atoms with van der Waals surface area (Å²) < 4.78 is 0. The molecule has 0 unspecified atom stereocenters. The van der Waals surface area contributed by atoms with Crippen LogP contribution in [0, 0.1) is 33.1 Å². The van der Waals surface area contributed by atoms with Gasteiger partial charge < -0.3 is 20.9 Å². The maximum Gasteiger partial charge on any atom is 0.0992 e. The van der Waals surface area contributed by atoms with Crippen LogP contribution in [-0.2, 0) is 0 Å². The first kappa shape index (κ1) is 27.8. The Morgan fingerprint density at radius 2 is 1.03 bits per heavy atom. The van der Waals surface area contributed by atoms with Crippen molar-refractivity contribution in [2.75, 3.05) is 10.5 Å². The Hall–Kier alpha value is -2.76. The van der Waals surface area contributed by atoms with E-state index in [9.17, 15) is 20.8 Å². The maximum absolute atomic E-state index is 11.6. The molecule has 2 N–H and O–H groups in total. The van der Waals surface area contributed by atoms with Crippen LogP contribution in [0.2, 0.25) is 0 Å². The van der Waals surface area contributed by atoms with Crippen LogP contribution < -0.4 is 10.5 Å². The van der Waals surface area contributed by atoms with Crippen molar-refractivity contribution in [1.29, 1.82) is 10.5 Å². The van der Waals surface area contributed by atoms with E-state index in [1.165, 1.54) is 36.4 Å². The standard InChI is InChI=1S/C24H16Cl4N4O4/c25-21(23(27)17-6-4-13(11-29)8-19(17)31(33)34)15-2-1-3-16(10-15)22(26)24(28)18-7-5-14(12-30)9-20(18)32(35)36/h1-10,21-24,33,35H/q-2/t21-,22-,23+,24+/m0/s1. The fraction of sp³-hybridized carbons (Fsp3) is 0.167. The Morgan fingerprint density at radius 3 is 1.36 bits per heavy atom. The SMILES string of the molecule is N#Cc1ccc([C@@H](Cl)[C@@H](Cl)c2cccc([C@H](Cl)[C@H](Cl)c3ccc(C#N)cc3N([O-])O)c2)c(N([O-])O)c1. The molecule has 186 valence electrons. The molecule has 12 heteroatoms. The monoisotopic (exact) mass is 564 g/mol. The van der Waals surface area contributed by atoms with Crippen molar-refractivity contribution in [1.82, 2.24) is 0 Å². The first-order valence-corrected chi connectivity index (χ1v) is 11.9. The first-order valence-electron chi connectivity index (χ1n) is 10.2. The predicted molar refractivity (Wildman–Crippen MR) is 138 cm³/mol. The Balaban J connectivity index is 1.92. The van der Waals surface area contributed by atoms with Gasteiger partial charge in [0.2, 0.25) is 0 Å². The van der Waals surface area contributed by atoms with Gasteiger partial charge in [0, 0.05) is 0 Å². The number of benzene rings is 3. The molecule has 0 radical (unpaired) electrons. The Morgan fingerprint density at radius 1 is 0.639 bits per heavy atom. The summed E-state index contributed by atoms with van der Waals surface area (Å²) >= 11 is 26.4. The third-order valence-corrected chi connectivity index (χ3v) is 7.63. The Kier molecular flexibility index (Phi) is 9.26. The van der Waals surface area contributed by atoms with Crippen molar-refractivity contribution in [3.63, 3.8) is 0 Å². The number of nitrogens with zero attached hydrogens (tertiary/aromatic N) is 4. The molecule has 0 heterocycles. The van der Waals surface area contributed by atoms with Crippen LogP contribution in [0.15, 0.2) is 60.7 Å². The lowest BCUT2D eigenvalue weighted by molar-refractivity contribution is 0.295. The minimum absolute atomic E-state index is 0.153. The van der Waals surface area contributed by atoms with E-state index in [1.54, 1.807) is 24.3 Å². The number of alkyl halides is 4. The quantitative estimate of drug-likeness (QED) is 0.213. The molecule has 8 nitrogen and oxygen atoms in total. The molecule has 0 aliphatic carbocycles. The second-order valence-electron chi connectivity index (χ2n) is 7.59. The van der Waals surface area contributed by atoms with E-state index in [1.807, 2.05) is 12.1 Å². The zero-order valence-electron chi connectivity index (χ0n) is 18.1. The smallest absolute Gasteiger partial charge is 0.0992 e. The van der Waals surface area contributed by atoms with Crippen LogP contribution in [0.3, 0.4) is 0 Å². The Bertz CT molecular complexity index is 1230. The van der Waals surface area contributed by atoms with Crippen LogP contribution in [0.25, 0.3) is 0 Å². The third-order valence-electron chi connectivity index (χ3n) is 5.39. The van der Waals surface area contributed by atoms with Gasteiger partial charge >= 0.3 is 0 Å². The minimum Gasteiger partial charge on any atom is -0.733 e. The summed E-state index contributed by atoms with van der Waals surface area (Å²) in [5.41, 5.74) is 1.32. The van der Waals surface area contributed by atoms with Gasteiger partial charge in [-0.25, -0.2) is 0 Å². The second kappa shape index (κ2) is 12.0. The fourth-order valence-electron chi connectivity index (χ4n) is 3.58. The maximum atomic E-state index is 11.6. The molecule has 0 bridgehead atoms. The Labute approximate surface area is 226 Å². The number of hydrogen-bond acceptors (Lipinski definition) is 8. The van der Waals surface area contributed by atoms with E-state index >= 15 is 0 Å². The van der Waals surface area contributed by atoms with E-state index in [2.05, 4.69) is 0 Å². The van der Waals surface area contributed by atoms with Gasteiger partial charge in [0.05, 0.1) is 56.1 Å². The lowest BCUT2D eigenvalue weighted by Gasteiger charge is -2.29. The lowest BCUT2D eigenvalue weighted by Crippen LogP contribution is -2.13. The molecule has 36 heavy (non-hydrogen) atoms. The first-order chi connectivity index (χ1) is 17.1. The van der Waals surface area contributed by atoms with Crippen molar-refractivity contribution >= 4 is 57.8 Å². The molecule has 3 aromatic carbocycles. The van der Waals surface area contributed by atoms with Crippen LogP contribution in [-0.4, -0.2) is 10.4 Å². The van der Waals surface area contributed by atoms with Crippen LogP contribution in [0.5, 0.6) is 0 Å². The summed E-state index contributed by atoms with van der Waals surface area (Å²) in [4.78, 5) is 0. The van der Waals surface area contributed by atoms with Crippen molar-refractivity contribution in [3.8, 4) is 12.1 Å². The van der Waals surface area contributed by atoms with E-state index in [0.717, 1.165) is 0 Å². The predicted octanol–water partition coefficient (Wildman–Crippen LogP) is 7.34. The molecule has 0 aliphatic rings. The fourth-order valence-corrected chi connectivity index (χ4v) is 4.78. The summed E-state index contributed by atoms with van der Waals surface area (Å²) in [5.74, 6) is 0. The van der Waals surface area contributed by atoms with Crippen molar-refractivity contribution in [2.45, 2.75) is 21.5 Å². The average molecular weight is 566 g/mol. The van der Waals surface area contributed by atoms with Gasteiger partial charge in [-0.05, 0) is 46.5 Å². The van der Waals surface area contributed by atoms with Crippen LogP contribution in [0.1, 0.15) is 54.9 Å². The number of nitriles is 2. The topological polar surface area (TPSA) is 141 Å². The van der Waals surface area contributed by atoms with Crippen molar-refractivity contribution in [2.24, 2.45) is 0 Å². The molecule has 3 aromatic rings. The normalized spacial score (nSPS) is 14.2. The van der Waals surface area contributed by atoms with E-state index < -0.39 is 21.5 Å². The van der Waals surface area contributed by atoms with Crippen molar-refractivity contribution in [3.05, 3.63) is 104 Å². The number of hydrogen-bond donors (Lipinski definition) is 2. The zero-order valence-corrected chi connectivity index (χ0v) is 21.1. The zero-order chi connectivity index (χ0) is 26.6. The van der Waals surface area contributed by atoms with Gasteiger partial charge in [0.15, 0.2) is 0 Å². The van der Waals surface area contributed by atoms with Crippen LogP contribution in [0.4, 0.5) is 11.4 Å². The molecular formula is C24H16Cl4N4O4-2. The van der Waals surface area contributed by atoms with Gasteiger partial charge in [0.25, 0.3) is 0 Å². The third kappa shape index (κ3) is 5.96. The largest absolute Gasteiger partial charge is 0.733 e. The number of halogens is 4. The highest BCUT2D eigenvalue weighted by molar-refractivity contribution is 6.31. The van der Waals surface area contributed by atoms with Gasteiger partial charge in [-0.1, -0.05) is 36.4 Å². The average Bonchev–Trinajstić information content (AvgIpc) is 2.90. The molecule has 4 atom stereocenters. The summed E-state index contributed by atoms with van der Waals surface area (Å²) in [6.45, 7) is 0. The van der Waals surface area contributed by atoms with Crippen LogP contribution >= 0.6 is 46.4 Å². The minimum atomic E-state index is -0.984. The van der Waals surface area contributed by atoms with E-state index in [-0.39, 0.29) is 44.1 Å². The molecular weight excluding hydrogens is 550 g/mol. The van der Waals surface area contributed by atoms with Gasteiger partial charge in [-0.3, -0.25) is 10.4 Å². The second-order valence-corrected chi connectivity index (χ2v) is 9.47. The van der Waals surface area contributed by atoms with Gasteiger partial charge in [-0.15, -0.1) is 46.4 Å². The highest BCUT2D eigenvalue weighted by atomic mass is 35.5. The van der Waals surface area contributed by atoms with Gasteiger partial charge in [0.1, 0.15) is 0 Å². The summed E-state index contributed by atoms with van der Waals surface area (Å²) in [6, 6.07) is 18.6. The summed E-state index contributed by atoms with van der Waals surface area (Å²) in [6.07, 6.45) is 0. The molecule has 3 rings (SSSR count). The highest BCUT2D eigenvalue weighted by Crippen LogP contribution is 2.46. The lowest BCUT2D eigenvalue weighted by atomic mass is 9.96. The van der Waals surface area contributed by atoms with E-state index in [4.69, 9.17) is 56.9 Å². The number of anilines is 2. The number of rotatable bonds is 8. The van der Waals surface area contributed by atoms with Crippen molar-refractivity contribution < 1.29 is 10.4 Å². The molecule has 0 spiro atoms. The molecule has 0 saturated carbocycles. The highest BCUT2D eigenvalue weighted by Gasteiger charge is 2.27. The molecule has 0 saturated heterocycles. The van der Waals surface area contributed by atoms with Gasteiger partial charge in [-0.2, -0.15) is 10.5 Å². The molecule has 0 aliphatic heterocycles. The molecule has 0 fully saturated rings.